The molecule has 0 unspecified atom stereocenters. The van der Waals surface area contributed by atoms with Crippen LogP contribution in [0.3, 0.4) is 0 Å². The van der Waals surface area contributed by atoms with Gasteiger partial charge in [-0.2, -0.15) is 0 Å². The molecular formula is C12H14N2O5. The highest BCUT2D eigenvalue weighted by atomic mass is 16.6. The van der Waals surface area contributed by atoms with Gasteiger partial charge in [0.2, 0.25) is 5.91 Å². The SMILES string of the molecule is COc1cc([N+](=O)[O-])c(OC)cc1N1CCCC1=O. The Morgan fingerprint density at radius 3 is 2.42 bits per heavy atom. The number of nitro groups is 1. The monoisotopic (exact) mass is 266 g/mol. The minimum atomic E-state index is -0.545. The zero-order chi connectivity index (χ0) is 14.0. The molecule has 102 valence electrons. The van der Waals surface area contributed by atoms with Crippen LogP contribution in [0.15, 0.2) is 12.1 Å². The van der Waals surface area contributed by atoms with E-state index in [0.717, 1.165) is 6.42 Å². The standard InChI is InChI=1S/C12H14N2O5/c1-18-10-7-9(14(16)17)11(19-2)6-8(10)13-5-3-4-12(13)15/h6-7H,3-5H2,1-2H3. The van der Waals surface area contributed by atoms with Crippen molar-refractivity contribution in [2.24, 2.45) is 0 Å². The van der Waals surface area contributed by atoms with E-state index < -0.39 is 4.92 Å². The molecule has 1 aliphatic rings. The quantitative estimate of drug-likeness (QED) is 0.612. The van der Waals surface area contributed by atoms with Crippen LogP contribution >= 0.6 is 0 Å². The first-order chi connectivity index (χ1) is 9.08. The summed E-state index contributed by atoms with van der Waals surface area (Å²) < 4.78 is 10.1. The van der Waals surface area contributed by atoms with Gasteiger partial charge < -0.3 is 14.4 Å². The summed E-state index contributed by atoms with van der Waals surface area (Å²) >= 11 is 0. The molecule has 19 heavy (non-hydrogen) atoms. The zero-order valence-electron chi connectivity index (χ0n) is 10.7. The topological polar surface area (TPSA) is 81.9 Å². The summed E-state index contributed by atoms with van der Waals surface area (Å²) in [5.74, 6) is 0.387. The molecule has 1 aromatic rings. The molecule has 0 atom stereocenters. The minimum Gasteiger partial charge on any atom is -0.494 e. The first kappa shape index (κ1) is 13.1. The Morgan fingerprint density at radius 2 is 1.95 bits per heavy atom. The molecule has 7 nitrogen and oxygen atoms in total. The average Bonchev–Trinajstić information content (AvgIpc) is 2.83. The van der Waals surface area contributed by atoms with Gasteiger partial charge in [-0.15, -0.1) is 0 Å². The summed E-state index contributed by atoms with van der Waals surface area (Å²) in [6.07, 6.45) is 1.24. The number of benzene rings is 1. The van der Waals surface area contributed by atoms with Crippen molar-refractivity contribution >= 4 is 17.3 Å². The Morgan fingerprint density at radius 1 is 1.26 bits per heavy atom. The molecule has 0 spiro atoms. The molecule has 1 aliphatic heterocycles. The third-order valence-electron chi connectivity index (χ3n) is 3.04. The zero-order valence-corrected chi connectivity index (χ0v) is 10.7. The van der Waals surface area contributed by atoms with Gasteiger partial charge in [-0.05, 0) is 6.42 Å². The summed E-state index contributed by atoms with van der Waals surface area (Å²) in [5.41, 5.74) is 0.321. The van der Waals surface area contributed by atoms with Crippen LogP contribution in [0, 0.1) is 10.1 Å². The van der Waals surface area contributed by atoms with E-state index in [4.69, 9.17) is 9.47 Å². The number of hydrogen-bond acceptors (Lipinski definition) is 5. The molecule has 0 bridgehead atoms. The van der Waals surface area contributed by atoms with Crippen molar-refractivity contribution in [2.75, 3.05) is 25.7 Å². The first-order valence-corrected chi connectivity index (χ1v) is 5.79. The van der Waals surface area contributed by atoms with Crippen LogP contribution in [0.5, 0.6) is 11.5 Å². The molecule has 1 amide bonds. The Kier molecular flexibility index (Phi) is 3.55. The van der Waals surface area contributed by atoms with E-state index in [9.17, 15) is 14.9 Å². The molecule has 0 radical (unpaired) electrons. The molecule has 1 fully saturated rings. The van der Waals surface area contributed by atoms with Crippen molar-refractivity contribution in [1.82, 2.24) is 0 Å². The van der Waals surface area contributed by atoms with Crippen molar-refractivity contribution in [3.63, 3.8) is 0 Å². The van der Waals surface area contributed by atoms with Crippen molar-refractivity contribution in [2.45, 2.75) is 12.8 Å². The van der Waals surface area contributed by atoms with E-state index in [1.54, 1.807) is 4.90 Å². The maximum atomic E-state index is 11.8. The van der Waals surface area contributed by atoms with Crippen molar-refractivity contribution in [3.8, 4) is 11.5 Å². The molecular weight excluding hydrogens is 252 g/mol. The fourth-order valence-corrected chi connectivity index (χ4v) is 2.12. The van der Waals surface area contributed by atoms with E-state index in [-0.39, 0.29) is 17.3 Å². The van der Waals surface area contributed by atoms with Gasteiger partial charge in [-0.3, -0.25) is 14.9 Å². The molecule has 1 aromatic carbocycles. The second-order valence-corrected chi connectivity index (χ2v) is 4.10. The summed E-state index contributed by atoms with van der Waals surface area (Å²) in [6.45, 7) is 0.580. The predicted molar refractivity (Wildman–Crippen MR) is 67.8 cm³/mol. The molecule has 0 aromatic heterocycles. The number of carbonyl (C=O) groups is 1. The number of hydrogen-bond donors (Lipinski definition) is 0. The Balaban J connectivity index is 2.54. The van der Waals surface area contributed by atoms with Crippen LogP contribution in [0.4, 0.5) is 11.4 Å². The van der Waals surface area contributed by atoms with Gasteiger partial charge in [0, 0.05) is 19.0 Å². The molecule has 7 heteroatoms. The Labute approximate surface area is 109 Å². The van der Waals surface area contributed by atoms with E-state index >= 15 is 0 Å². The number of nitrogens with zero attached hydrogens (tertiary/aromatic N) is 2. The summed E-state index contributed by atoms with van der Waals surface area (Å²) in [4.78, 5) is 23.7. The lowest BCUT2D eigenvalue weighted by Crippen LogP contribution is -2.24. The smallest absolute Gasteiger partial charge is 0.314 e. The fourth-order valence-electron chi connectivity index (χ4n) is 2.12. The molecule has 1 saturated heterocycles. The highest BCUT2D eigenvalue weighted by Crippen LogP contribution is 2.40. The number of rotatable bonds is 4. The van der Waals surface area contributed by atoms with E-state index in [1.165, 1.54) is 26.4 Å². The lowest BCUT2D eigenvalue weighted by Gasteiger charge is -2.19. The van der Waals surface area contributed by atoms with Gasteiger partial charge in [0.15, 0.2) is 5.75 Å². The molecule has 0 saturated carbocycles. The number of anilines is 1. The highest BCUT2D eigenvalue weighted by molar-refractivity contribution is 5.97. The molecule has 2 rings (SSSR count). The maximum Gasteiger partial charge on any atom is 0.314 e. The van der Waals surface area contributed by atoms with E-state index in [1.807, 2.05) is 0 Å². The second-order valence-electron chi connectivity index (χ2n) is 4.10. The molecule has 0 N–H and O–H groups in total. The minimum absolute atomic E-state index is 0.0193. The van der Waals surface area contributed by atoms with Crippen molar-refractivity contribution in [3.05, 3.63) is 22.2 Å². The number of ether oxygens (including phenoxy) is 2. The Hall–Kier alpha value is -2.31. The maximum absolute atomic E-state index is 11.8. The summed E-state index contributed by atoms with van der Waals surface area (Å²) in [7, 11) is 2.76. The van der Waals surface area contributed by atoms with Crippen molar-refractivity contribution in [1.29, 1.82) is 0 Å². The summed E-state index contributed by atoms with van der Waals surface area (Å²) in [6, 6.07) is 2.75. The third kappa shape index (κ3) is 2.31. The second kappa shape index (κ2) is 5.13. The highest BCUT2D eigenvalue weighted by Gasteiger charge is 2.28. The van der Waals surface area contributed by atoms with E-state index in [0.29, 0.717) is 24.4 Å². The fraction of sp³-hybridized carbons (Fsp3) is 0.417. The van der Waals surface area contributed by atoms with E-state index in [2.05, 4.69) is 0 Å². The number of amides is 1. The first-order valence-electron chi connectivity index (χ1n) is 5.79. The van der Waals surface area contributed by atoms with Gasteiger partial charge in [-0.1, -0.05) is 0 Å². The van der Waals surface area contributed by atoms with Crippen LogP contribution in [-0.4, -0.2) is 31.6 Å². The van der Waals surface area contributed by atoms with Gasteiger partial charge in [0.1, 0.15) is 5.75 Å². The average molecular weight is 266 g/mol. The summed E-state index contributed by atoms with van der Waals surface area (Å²) in [5, 5.41) is 10.9. The van der Waals surface area contributed by atoms with Crippen LogP contribution in [0.2, 0.25) is 0 Å². The Bertz CT molecular complexity index is 529. The van der Waals surface area contributed by atoms with Gasteiger partial charge >= 0.3 is 5.69 Å². The van der Waals surface area contributed by atoms with Crippen LogP contribution in [-0.2, 0) is 4.79 Å². The number of carbonyl (C=O) groups excluding carboxylic acids is 1. The van der Waals surface area contributed by atoms with Gasteiger partial charge in [0.05, 0.1) is 30.9 Å². The predicted octanol–water partition coefficient (Wildman–Crippen LogP) is 1.74. The van der Waals surface area contributed by atoms with Crippen molar-refractivity contribution < 1.29 is 19.2 Å². The number of methoxy groups -OCH3 is 2. The lowest BCUT2D eigenvalue weighted by molar-refractivity contribution is -0.385. The van der Waals surface area contributed by atoms with Crippen LogP contribution in [0.1, 0.15) is 12.8 Å². The molecule has 1 heterocycles. The van der Waals surface area contributed by atoms with Gasteiger partial charge in [0.25, 0.3) is 0 Å². The largest absolute Gasteiger partial charge is 0.494 e. The normalized spacial score (nSPS) is 14.6. The molecule has 0 aliphatic carbocycles. The third-order valence-corrected chi connectivity index (χ3v) is 3.04. The lowest BCUT2D eigenvalue weighted by atomic mass is 10.2. The van der Waals surface area contributed by atoms with Crippen LogP contribution < -0.4 is 14.4 Å². The number of nitro benzene ring substituents is 1. The van der Waals surface area contributed by atoms with Gasteiger partial charge in [-0.25, -0.2) is 0 Å². The van der Waals surface area contributed by atoms with Crippen LogP contribution in [0.25, 0.3) is 0 Å².